The Morgan fingerprint density at radius 1 is 1.36 bits per heavy atom. The number of hydrogen-bond acceptors (Lipinski definition) is 5. The van der Waals surface area contributed by atoms with E-state index in [0.717, 1.165) is 43.7 Å². The number of aromatic amines is 1. The molecule has 1 N–H and O–H groups in total. The molecule has 7 nitrogen and oxygen atoms in total. The van der Waals surface area contributed by atoms with Crippen molar-refractivity contribution in [1.82, 2.24) is 29.9 Å². The number of likely N-dealkylation sites (tertiary alicyclic amines) is 1. The molecule has 1 saturated heterocycles. The minimum Gasteiger partial charge on any atom is -0.338 e. The number of piperidine rings is 1. The number of amides is 1. The first-order valence-corrected chi connectivity index (χ1v) is 9.39. The first-order valence-electron chi connectivity index (χ1n) is 8.51. The average molecular weight is 356 g/mol. The lowest BCUT2D eigenvalue weighted by atomic mass is 9.97. The van der Waals surface area contributed by atoms with Gasteiger partial charge >= 0.3 is 0 Å². The molecule has 0 radical (unpaired) electrons. The van der Waals surface area contributed by atoms with Crippen LogP contribution >= 0.6 is 11.3 Å². The second kappa shape index (κ2) is 6.79. The van der Waals surface area contributed by atoms with Crippen molar-refractivity contribution >= 4 is 17.2 Å². The topological polar surface area (TPSA) is 79.7 Å². The number of hydrogen-bond donors (Lipinski definition) is 1. The van der Waals surface area contributed by atoms with Crippen LogP contribution in [0, 0.1) is 0 Å². The molecule has 0 unspecified atom stereocenters. The highest BCUT2D eigenvalue weighted by Crippen LogP contribution is 2.30. The largest absolute Gasteiger partial charge is 0.338 e. The number of nitrogens with one attached hydrogen (secondary N) is 1. The van der Waals surface area contributed by atoms with Crippen molar-refractivity contribution < 1.29 is 4.79 Å². The molecule has 3 aromatic heterocycles. The zero-order chi connectivity index (χ0) is 17.2. The molecule has 0 saturated carbocycles. The van der Waals surface area contributed by atoms with Crippen LogP contribution in [0.2, 0.25) is 0 Å². The lowest BCUT2D eigenvalue weighted by molar-refractivity contribution is 0.0714. The van der Waals surface area contributed by atoms with E-state index in [9.17, 15) is 4.79 Å². The van der Waals surface area contributed by atoms with Gasteiger partial charge in [0, 0.05) is 48.9 Å². The summed E-state index contributed by atoms with van der Waals surface area (Å²) in [5.74, 6) is 0.501. The molecule has 0 bridgehead atoms. The van der Waals surface area contributed by atoms with Gasteiger partial charge in [0.15, 0.2) is 0 Å². The van der Waals surface area contributed by atoms with Crippen LogP contribution in [0.25, 0.3) is 11.3 Å². The smallest absolute Gasteiger partial charge is 0.257 e. The Hall–Kier alpha value is -2.48. The van der Waals surface area contributed by atoms with Crippen LogP contribution in [0.5, 0.6) is 0 Å². The van der Waals surface area contributed by atoms with E-state index in [0.29, 0.717) is 11.5 Å². The van der Waals surface area contributed by atoms with Gasteiger partial charge in [-0.1, -0.05) is 0 Å². The van der Waals surface area contributed by atoms with Crippen molar-refractivity contribution in [3.63, 3.8) is 0 Å². The Kier molecular flexibility index (Phi) is 4.35. The fourth-order valence-electron chi connectivity index (χ4n) is 3.27. The molecule has 3 aromatic rings. The van der Waals surface area contributed by atoms with Gasteiger partial charge in [0.25, 0.3) is 5.91 Å². The monoisotopic (exact) mass is 356 g/mol. The third-order valence-corrected chi connectivity index (χ3v) is 5.64. The highest BCUT2D eigenvalue weighted by molar-refractivity contribution is 7.09. The Balaban J connectivity index is 1.48. The zero-order valence-corrected chi connectivity index (χ0v) is 14.9. The normalized spacial score (nSPS) is 15.6. The lowest BCUT2D eigenvalue weighted by Crippen LogP contribution is -2.38. The average Bonchev–Trinajstić information content (AvgIpc) is 3.42. The standard InChI is InChI=1S/C17H20N6OS/c1-2-23-11-13(9-20-23)15-14(10-19-21-15)17(24)22-6-3-12(4-7-22)16-18-5-8-25-16/h5,8-12H,2-4,6-7H2,1H3,(H,19,21). The van der Waals surface area contributed by atoms with Crippen LogP contribution < -0.4 is 0 Å². The van der Waals surface area contributed by atoms with E-state index in [-0.39, 0.29) is 5.91 Å². The number of aromatic nitrogens is 5. The molecule has 0 spiro atoms. The van der Waals surface area contributed by atoms with E-state index in [4.69, 9.17) is 0 Å². The van der Waals surface area contributed by atoms with Gasteiger partial charge in [-0.2, -0.15) is 10.2 Å². The zero-order valence-electron chi connectivity index (χ0n) is 14.1. The predicted octanol–water partition coefficient (Wildman–Crippen LogP) is 2.77. The van der Waals surface area contributed by atoms with Crippen molar-refractivity contribution in [2.24, 2.45) is 0 Å². The third kappa shape index (κ3) is 3.09. The molecular formula is C17H20N6OS. The number of aryl methyl sites for hydroxylation is 1. The van der Waals surface area contributed by atoms with Crippen molar-refractivity contribution in [1.29, 1.82) is 0 Å². The first kappa shape index (κ1) is 16.0. The second-order valence-electron chi connectivity index (χ2n) is 6.18. The number of H-pyrrole nitrogens is 1. The fraction of sp³-hybridized carbons (Fsp3) is 0.412. The van der Waals surface area contributed by atoms with Crippen LogP contribution in [0.15, 0.2) is 30.2 Å². The highest BCUT2D eigenvalue weighted by Gasteiger charge is 2.28. The van der Waals surface area contributed by atoms with E-state index >= 15 is 0 Å². The minimum absolute atomic E-state index is 0.0330. The first-order chi connectivity index (χ1) is 12.3. The third-order valence-electron chi connectivity index (χ3n) is 4.70. The SMILES string of the molecule is CCn1cc(-c2[nH]ncc2C(=O)N2CCC(c3nccs3)CC2)cn1. The number of nitrogens with zero attached hydrogens (tertiary/aromatic N) is 5. The van der Waals surface area contributed by atoms with E-state index < -0.39 is 0 Å². The van der Waals surface area contributed by atoms with E-state index in [1.165, 1.54) is 5.01 Å². The summed E-state index contributed by atoms with van der Waals surface area (Å²) in [6.45, 7) is 4.33. The van der Waals surface area contributed by atoms with Gasteiger partial charge in [-0.15, -0.1) is 11.3 Å². The van der Waals surface area contributed by atoms with Crippen molar-refractivity contribution in [3.8, 4) is 11.3 Å². The maximum atomic E-state index is 13.0. The fourth-order valence-corrected chi connectivity index (χ4v) is 4.08. The Bertz CT molecular complexity index is 844. The van der Waals surface area contributed by atoms with Gasteiger partial charge in [-0.3, -0.25) is 14.6 Å². The van der Waals surface area contributed by atoms with Gasteiger partial charge in [-0.25, -0.2) is 4.98 Å². The molecule has 130 valence electrons. The molecule has 25 heavy (non-hydrogen) atoms. The van der Waals surface area contributed by atoms with Crippen molar-refractivity contribution in [2.75, 3.05) is 13.1 Å². The molecule has 8 heteroatoms. The van der Waals surface area contributed by atoms with Crippen LogP contribution in [-0.4, -0.2) is 48.9 Å². The molecule has 0 aliphatic carbocycles. The van der Waals surface area contributed by atoms with Crippen molar-refractivity contribution in [3.05, 3.63) is 40.7 Å². The Morgan fingerprint density at radius 2 is 2.20 bits per heavy atom. The predicted molar refractivity (Wildman–Crippen MR) is 95.5 cm³/mol. The van der Waals surface area contributed by atoms with E-state index in [1.807, 2.05) is 34.3 Å². The molecule has 1 aliphatic heterocycles. The number of carbonyl (C=O) groups is 1. The van der Waals surface area contributed by atoms with Gasteiger partial charge < -0.3 is 4.90 Å². The summed E-state index contributed by atoms with van der Waals surface area (Å²) in [5, 5.41) is 14.5. The van der Waals surface area contributed by atoms with E-state index in [2.05, 4.69) is 20.3 Å². The maximum Gasteiger partial charge on any atom is 0.257 e. The summed E-state index contributed by atoms with van der Waals surface area (Å²) in [7, 11) is 0. The molecule has 1 amide bonds. The van der Waals surface area contributed by atoms with Crippen LogP contribution in [0.3, 0.4) is 0 Å². The lowest BCUT2D eigenvalue weighted by Gasteiger charge is -2.31. The molecule has 0 aromatic carbocycles. The number of carbonyl (C=O) groups excluding carboxylic acids is 1. The molecule has 1 aliphatic rings. The van der Waals surface area contributed by atoms with Gasteiger partial charge in [-0.05, 0) is 19.8 Å². The van der Waals surface area contributed by atoms with E-state index in [1.54, 1.807) is 23.7 Å². The molecule has 1 fully saturated rings. The van der Waals surface area contributed by atoms with Gasteiger partial charge in [0.1, 0.15) is 0 Å². The summed E-state index contributed by atoms with van der Waals surface area (Å²) in [6, 6.07) is 0. The molecule has 4 rings (SSSR count). The highest BCUT2D eigenvalue weighted by atomic mass is 32.1. The number of thiazole rings is 1. The summed E-state index contributed by atoms with van der Waals surface area (Å²) in [6.07, 6.45) is 9.08. The van der Waals surface area contributed by atoms with Gasteiger partial charge in [0.05, 0.1) is 28.7 Å². The van der Waals surface area contributed by atoms with Crippen LogP contribution in [-0.2, 0) is 6.54 Å². The second-order valence-corrected chi connectivity index (χ2v) is 7.11. The van der Waals surface area contributed by atoms with Crippen molar-refractivity contribution in [2.45, 2.75) is 32.2 Å². The maximum absolute atomic E-state index is 13.0. The summed E-state index contributed by atoms with van der Waals surface area (Å²) in [5.41, 5.74) is 2.25. The quantitative estimate of drug-likeness (QED) is 0.779. The summed E-state index contributed by atoms with van der Waals surface area (Å²) in [4.78, 5) is 19.3. The Morgan fingerprint density at radius 3 is 2.88 bits per heavy atom. The Labute approximate surface area is 149 Å². The van der Waals surface area contributed by atoms with Gasteiger partial charge in [0.2, 0.25) is 0 Å². The minimum atomic E-state index is 0.0330. The molecular weight excluding hydrogens is 336 g/mol. The molecule has 0 atom stereocenters. The number of rotatable bonds is 4. The summed E-state index contributed by atoms with van der Waals surface area (Å²) < 4.78 is 1.84. The summed E-state index contributed by atoms with van der Waals surface area (Å²) >= 11 is 1.70. The van der Waals surface area contributed by atoms with Crippen LogP contribution in [0.4, 0.5) is 0 Å². The van der Waals surface area contributed by atoms with Crippen LogP contribution in [0.1, 0.15) is 41.0 Å². The molecule has 4 heterocycles.